The van der Waals surface area contributed by atoms with Crippen LogP contribution in [0, 0.1) is 12.8 Å². The number of nitrogens with one attached hydrogen (secondary N) is 1. The maximum absolute atomic E-state index is 12.3. The van der Waals surface area contributed by atoms with Crippen molar-refractivity contribution in [2.75, 3.05) is 20.7 Å². The number of aromatic nitrogens is 1. The van der Waals surface area contributed by atoms with E-state index in [2.05, 4.69) is 55.2 Å². The number of hydrogen-bond acceptors (Lipinski definition) is 5. The summed E-state index contributed by atoms with van der Waals surface area (Å²) in [4.78, 5) is 18.7. The molecule has 2 rings (SSSR count). The largest absolute Gasteiger partial charge is 0.379 e. The zero-order valence-corrected chi connectivity index (χ0v) is 18.8. The first-order chi connectivity index (χ1) is 13.4. The molecule has 1 aromatic heterocycles. The van der Waals surface area contributed by atoms with Crippen LogP contribution in [0.25, 0.3) is 0 Å². The lowest BCUT2D eigenvalue weighted by molar-refractivity contribution is -0.131. The first-order valence-corrected chi connectivity index (χ1v) is 10.7. The van der Waals surface area contributed by atoms with Gasteiger partial charge in [-0.2, -0.15) is 0 Å². The number of likely N-dealkylation sites (N-methyl/N-ethyl adjacent to an activating group) is 1. The summed E-state index contributed by atoms with van der Waals surface area (Å²) in [5.41, 5.74) is 1.32. The second-order valence-electron chi connectivity index (χ2n) is 6.84. The van der Waals surface area contributed by atoms with Crippen LogP contribution in [0.15, 0.2) is 41.9 Å². The highest BCUT2D eigenvalue weighted by atomic mass is 32.1. The van der Waals surface area contributed by atoms with E-state index in [1.54, 1.807) is 24.6 Å². The molecule has 5 nitrogen and oxygen atoms in total. The van der Waals surface area contributed by atoms with Gasteiger partial charge in [-0.25, -0.2) is 4.98 Å². The minimum Gasteiger partial charge on any atom is -0.379 e. The summed E-state index contributed by atoms with van der Waals surface area (Å²) in [6.45, 7) is 9.67. The molecule has 1 N–H and O–H groups in total. The van der Waals surface area contributed by atoms with Gasteiger partial charge in [-0.3, -0.25) is 4.79 Å². The lowest BCUT2D eigenvalue weighted by Gasteiger charge is -2.35. The number of ether oxygens (including phenoxy) is 1. The molecular formula is C22H35N3O2S. The Morgan fingerprint density at radius 2 is 1.96 bits per heavy atom. The second-order valence-corrected chi connectivity index (χ2v) is 7.82. The normalized spacial score (nSPS) is 14.0. The van der Waals surface area contributed by atoms with Gasteiger partial charge in [0.2, 0.25) is 5.91 Å². The highest BCUT2D eigenvalue weighted by Gasteiger charge is 2.32. The van der Waals surface area contributed by atoms with E-state index >= 15 is 0 Å². The van der Waals surface area contributed by atoms with E-state index in [0.717, 1.165) is 18.0 Å². The average molecular weight is 406 g/mol. The molecule has 3 atom stereocenters. The highest BCUT2D eigenvalue weighted by Crippen LogP contribution is 2.18. The summed E-state index contributed by atoms with van der Waals surface area (Å²) in [5.74, 6) is -0.186. The van der Waals surface area contributed by atoms with Gasteiger partial charge in [-0.05, 0) is 26.9 Å². The number of aryl methyl sites for hydroxylation is 1. The van der Waals surface area contributed by atoms with Crippen molar-refractivity contribution in [1.82, 2.24) is 15.2 Å². The minimum absolute atomic E-state index is 0.0139. The molecule has 1 heterocycles. The molecular weight excluding hydrogens is 370 g/mol. The highest BCUT2D eigenvalue weighted by molar-refractivity contribution is 7.09. The fourth-order valence-corrected chi connectivity index (χ4v) is 3.63. The van der Waals surface area contributed by atoms with E-state index in [4.69, 9.17) is 4.74 Å². The zero-order valence-electron chi connectivity index (χ0n) is 18.0. The summed E-state index contributed by atoms with van der Waals surface area (Å²) < 4.78 is 5.63. The molecule has 0 aliphatic rings. The molecule has 0 aliphatic heterocycles. The second kappa shape index (κ2) is 13.4. The molecule has 0 fully saturated rings. The molecule has 2 aromatic rings. The summed E-state index contributed by atoms with van der Waals surface area (Å²) in [6.07, 6.45) is 2.58. The van der Waals surface area contributed by atoms with Gasteiger partial charge in [0, 0.05) is 24.7 Å². The number of nitrogens with zero attached hydrogens (tertiary/aromatic N) is 2. The Balaban J connectivity index is 0.000000467. The summed E-state index contributed by atoms with van der Waals surface area (Å²) in [5, 5.41) is 5.77. The zero-order chi connectivity index (χ0) is 20.9. The predicted molar refractivity (Wildman–Crippen MR) is 117 cm³/mol. The molecule has 6 heteroatoms. The van der Waals surface area contributed by atoms with Gasteiger partial charge in [0.15, 0.2) is 0 Å². The topological polar surface area (TPSA) is 54.5 Å². The lowest BCUT2D eigenvalue weighted by Crippen LogP contribution is -2.49. The molecule has 156 valence electrons. The Morgan fingerprint density at radius 1 is 1.29 bits per heavy atom. The predicted octanol–water partition coefficient (Wildman–Crippen LogP) is 4.14. The van der Waals surface area contributed by atoms with Gasteiger partial charge in [0.05, 0.1) is 18.6 Å². The van der Waals surface area contributed by atoms with Crippen molar-refractivity contribution in [2.24, 2.45) is 5.92 Å². The summed E-state index contributed by atoms with van der Waals surface area (Å²) >= 11 is 1.54. The Kier molecular flexibility index (Phi) is 11.6. The summed E-state index contributed by atoms with van der Waals surface area (Å²) in [7, 11) is 3.75. The number of benzene rings is 1. The van der Waals surface area contributed by atoms with Gasteiger partial charge < -0.3 is 15.0 Å². The lowest BCUT2D eigenvalue weighted by atomic mass is 9.94. The fraction of sp³-hybridized carbons (Fsp3) is 0.545. The maximum atomic E-state index is 12.3. The van der Waals surface area contributed by atoms with Gasteiger partial charge in [-0.1, -0.05) is 56.7 Å². The number of hydrogen-bond donors (Lipinski definition) is 1. The number of thiazole rings is 1. The Labute approximate surface area is 174 Å². The first-order valence-electron chi connectivity index (χ1n) is 9.85. The quantitative estimate of drug-likeness (QED) is 0.681. The molecule has 1 amide bonds. The van der Waals surface area contributed by atoms with Crippen LogP contribution in [0.1, 0.15) is 37.8 Å². The Morgan fingerprint density at radius 3 is 2.39 bits per heavy atom. The SMILES string of the molecule is CCC(C(OC)C(C)C(=O)NCc1nccs1)N(C)CC.Cc1ccccc1. The third-order valence-electron chi connectivity index (χ3n) is 4.88. The molecule has 1 aromatic carbocycles. The molecule has 0 saturated carbocycles. The van der Waals surface area contributed by atoms with Crippen LogP contribution in [0.3, 0.4) is 0 Å². The van der Waals surface area contributed by atoms with Crippen LogP contribution in [-0.4, -0.2) is 48.6 Å². The van der Waals surface area contributed by atoms with Crippen LogP contribution in [0.2, 0.25) is 0 Å². The van der Waals surface area contributed by atoms with Crippen molar-refractivity contribution in [3.8, 4) is 0 Å². The molecule has 0 radical (unpaired) electrons. The van der Waals surface area contributed by atoms with Crippen LogP contribution < -0.4 is 5.32 Å². The third-order valence-corrected chi connectivity index (χ3v) is 5.66. The van der Waals surface area contributed by atoms with E-state index in [0.29, 0.717) is 6.54 Å². The van der Waals surface area contributed by atoms with E-state index in [-0.39, 0.29) is 24.0 Å². The van der Waals surface area contributed by atoms with E-state index in [1.807, 2.05) is 30.5 Å². The molecule has 0 aliphatic carbocycles. The molecule has 28 heavy (non-hydrogen) atoms. The summed E-state index contributed by atoms with van der Waals surface area (Å²) in [6, 6.07) is 10.5. The van der Waals surface area contributed by atoms with Crippen LogP contribution in [-0.2, 0) is 16.1 Å². The number of carbonyl (C=O) groups excluding carboxylic acids is 1. The monoisotopic (exact) mass is 405 g/mol. The number of methoxy groups -OCH3 is 1. The van der Waals surface area contributed by atoms with Crippen molar-refractivity contribution in [2.45, 2.75) is 52.8 Å². The van der Waals surface area contributed by atoms with Crippen molar-refractivity contribution in [1.29, 1.82) is 0 Å². The van der Waals surface area contributed by atoms with Crippen molar-refractivity contribution >= 4 is 17.2 Å². The van der Waals surface area contributed by atoms with E-state index in [9.17, 15) is 4.79 Å². The average Bonchev–Trinajstić information content (AvgIpc) is 3.23. The van der Waals surface area contributed by atoms with Crippen LogP contribution >= 0.6 is 11.3 Å². The Hall–Kier alpha value is -1.76. The third kappa shape index (κ3) is 8.09. The van der Waals surface area contributed by atoms with Crippen molar-refractivity contribution in [3.05, 3.63) is 52.5 Å². The molecule has 3 unspecified atom stereocenters. The van der Waals surface area contributed by atoms with Gasteiger partial charge in [0.1, 0.15) is 5.01 Å². The number of carbonyl (C=O) groups is 1. The first kappa shape index (κ1) is 24.3. The van der Waals surface area contributed by atoms with Crippen LogP contribution in [0.4, 0.5) is 0 Å². The maximum Gasteiger partial charge on any atom is 0.225 e. The van der Waals surface area contributed by atoms with E-state index in [1.165, 1.54) is 5.56 Å². The molecule has 0 spiro atoms. The standard InChI is InChI=1S/C15H27N3O2S.C7H8/c1-6-12(18(4)7-2)14(20-5)11(3)15(19)17-10-13-16-8-9-21-13;1-7-5-3-2-4-6-7/h8-9,11-12,14H,6-7,10H2,1-5H3,(H,17,19);2-6H,1H3. The molecule has 0 bridgehead atoms. The van der Waals surface area contributed by atoms with Crippen molar-refractivity contribution < 1.29 is 9.53 Å². The van der Waals surface area contributed by atoms with Gasteiger partial charge in [0.25, 0.3) is 0 Å². The smallest absolute Gasteiger partial charge is 0.225 e. The molecule has 0 saturated heterocycles. The van der Waals surface area contributed by atoms with Gasteiger partial charge >= 0.3 is 0 Å². The number of amides is 1. The van der Waals surface area contributed by atoms with Crippen LogP contribution in [0.5, 0.6) is 0 Å². The van der Waals surface area contributed by atoms with E-state index < -0.39 is 0 Å². The fourth-order valence-electron chi connectivity index (χ4n) is 3.07. The number of rotatable bonds is 9. The Bertz CT molecular complexity index is 649. The van der Waals surface area contributed by atoms with Gasteiger partial charge in [-0.15, -0.1) is 11.3 Å². The van der Waals surface area contributed by atoms with Crippen molar-refractivity contribution in [3.63, 3.8) is 0 Å². The minimum atomic E-state index is -0.200.